The molecule has 0 aromatic heterocycles. The summed E-state index contributed by atoms with van der Waals surface area (Å²) in [5.41, 5.74) is 0.926. The molecule has 128 valence electrons. The number of methoxy groups -OCH3 is 2. The van der Waals surface area contributed by atoms with Gasteiger partial charge in [0, 0.05) is 6.54 Å². The zero-order chi connectivity index (χ0) is 17.4. The Morgan fingerprint density at radius 2 is 1.75 bits per heavy atom. The maximum Gasteiger partial charge on any atom is 0.261 e. The number of carbonyl (C=O) groups is 1. The lowest BCUT2D eigenvalue weighted by atomic mass is 10.2. The molecule has 5 heteroatoms. The van der Waals surface area contributed by atoms with Crippen molar-refractivity contribution < 1.29 is 19.0 Å². The smallest absolute Gasteiger partial charge is 0.261 e. The number of carbonyl (C=O) groups excluding carboxylic acids is 1. The van der Waals surface area contributed by atoms with Gasteiger partial charge in [-0.3, -0.25) is 4.79 Å². The van der Waals surface area contributed by atoms with E-state index in [0.29, 0.717) is 30.2 Å². The van der Waals surface area contributed by atoms with Crippen LogP contribution in [0.2, 0.25) is 0 Å². The van der Waals surface area contributed by atoms with Gasteiger partial charge in [-0.05, 0) is 36.2 Å². The van der Waals surface area contributed by atoms with Crippen LogP contribution >= 0.6 is 0 Å². The topological polar surface area (TPSA) is 56.8 Å². The Labute approximate surface area is 142 Å². The average Bonchev–Trinajstić information content (AvgIpc) is 2.64. The molecule has 1 N–H and O–H groups in total. The first kappa shape index (κ1) is 17.7. The summed E-state index contributed by atoms with van der Waals surface area (Å²) in [5.74, 6) is 1.84. The molecule has 24 heavy (non-hydrogen) atoms. The van der Waals surface area contributed by atoms with Crippen LogP contribution in [-0.4, -0.2) is 26.2 Å². The first-order chi connectivity index (χ1) is 11.7. The van der Waals surface area contributed by atoms with Crippen LogP contribution in [0.4, 0.5) is 0 Å². The van der Waals surface area contributed by atoms with E-state index in [1.165, 1.54) is 0 Å². The number of hydrogen-bond acceptors (Lipinski definition) is 4. The highest BCUT2D eigenvalue weighted by molar-refractivity contribution is 5.81. The van der Waals surface area contributed by atoms with Crippen molar-refractivity contribution in [2.45, 2.75) is 26.0 Å². The largest absolute Gasteiger partial charge is 0.493 e. The normalized spacial score (nSPS) is 11.5. The summed E-state index contributed by atoms with van der Waals surface area (Å²) >= 11 is 0. The second kappa shape index (κ2) is 8.82. The highest BCUT2D eigenvalue weighted by Crippen LogP contribution is 2.27. The summed E-state index contributed by atoms with van der Waals surface area (Å²) in [4.78, 5) is 12.3. The van der Waals surface area contributed by atoms with Gasteiger partial charge in [0.25, 0.3) is 5.91 Å². The van der Waals surface area contributed by atoms with E-state index in [2.05, 4.69) is 5.32 Å². The summed E-state index contributed by atoms with van der Waals surface area (Å²) in [6.07, 6.45) is 0.0691. The molecule has 2 aromatic carbocycles. The van der Waals surface area contributed by atoms with Crippen LogP contribution in [0.5, 0.6) is 17.2 Å². The molecule has 0 radical (unpaired) electrons. The number of amides is 1. The highest BCUT2D eigenvalue weighted by atomic mass is 16.5. The van der Waals surface area contributed by atoms with Crippen molar-refractivity contribution in [2.24, 2.45) is 0 Å². The predicted molar refractivity (Wildman–Crippen MR) is 92.5 cm³/mol. The van der Waals surface area contributed by atoms with Crippen molar-refractivity contribution >= 4 is 5.91 Å². The fraction of sp³-hybridized carbons (Fsp3) is 0.316. The van der Waals surface area contributed by atoms with Crippen molar-refractivity contribution in [3.8, 4) is 17.2 Å². The molecular formula is C19H23NO4. The number of rotatable bonds is 8. The van der Waals surface area contributed by atoms with Crippen LogP contribution in [0, 0.1) is 0 Å². The third-order valence-electron chi connectivity index (χ3n) is 3.60. The third kappa shape index (κ3) is 4.65. The molecule has 0 saturated carbocycles. The van der Waals surface area contributed by atoms with Crippen molar-refractivity contribution in [3.63, 3.8) is 0 Å². The minimum atomic E-state index is -0.521. The third-order valence-corrected chi connectivity index (χ3v) is 3.60. The lowest BCUT2D eigenvalue weighted by Crippen LogP contribution is -2.37. The van der Waals surface area contributed by atoms with Crippen LogP contribution < -0.4 is 19.5 Å². The average molecular weight is 329 g/mol. The van der Waals surface area contributed by atoms with E-state index in [9.17, 15) is 4.79 Å². The molecule has 0 heterocycles. The van der Waals surface area contributed by atoms with E-state index in [-0.39, 0.29) is 5.91 Å². The van der Waals surface area contributed by atoms with Crippen molar-refractivity contribution in [2.75, 3.05) is 14.2 Å². The van der Waals surface area contributed by atoms with Gasteiger partial charge in [0.15, 0.2) is 17.6 Å². The van der Waals surface area contributed by atoms with Crippen LogP contribution in [0.25, 0.3) is 0 Å². The minimum Gasteiger partial charge on any atom is -0.493 e. The van der Waals surface area contributed by atoms with Crippen molar-refractivity contribution in [3.05, 3.63) is 54.1 Å². The van der Waals surface area contributed by atoms with E-state index >= 15 is 0 Å². The Hall–Kier alpha value is -2.69. The summed E-state index contributed by atoms with van der Waals surface area (Å²) in [6.45, 7) is 2.32. The first-order valence-electron chi connectivity index (χ1n) is 7.88. The van der Waals surface area contributed by atoms with Gasteiger partial charge in [-0.2, -0.15) is 0 Å². The van der Waals surface area contributed by atoms with E-state index in [4.69, 9.17) is 14.2 Å². The number of para-hydroxylation sites is 1. The summed E-state index contributed by atoms with van der Waals surface area (Å²) < 4.78 is 16.2. The van der Waals surface area contributed by atoms with Gasteiger partial charge in [0.1, 0.15) is 5.75 Å². The molecule has 0 aliphatic heterocycles. The zero-order valence-electron chi connectivity index (χ0n) is 14.2. The lowest BCUT2D eigenvalue weighted by Gasteiger charge is -2.17. The van der Waals surface area contributed by atoms with Crippen LogP contribution in [-0.2, 0) is 11.3 Å². The van der Waals surface area contributed by atoms with E-state index in [0.717, 1.165) is 5.56 Å². The molecule has 0 saturated heterocycles. The van der Waals surface area contributed by atoms with Gasteiger partial charge in [-0.15, -0.1) is 0 Å². The summed E-state index contributed by atoms with van der Waals surface area (Å²) in [7, 11) is 3.17. The maximum atomic E-state index is 12.3. The zero-order valence-corrected chi connectivity index (χ0v) is 14.2. The summed E-state index contributed by atoms with van der Waals surface area (Å²) in [6, 6.07) is 14.9. The number of ether oxygens (including phenoxy) is 3. The van der Waals surface area contributed by atoms with Gasteiger partial charge in [-0.1, -0.05) is 31.2 Å². The fourth-order valence-corrected chi connectivity index (χ4v) is 2.28. The molecule has 0 fully saturated rings. The van der Waals surface area contributed by atoms with Gasteiger partial charge in [0.2, 0.25) is 0 Å². The van der Waals surface area contributed by atoms with E-state index < -0.39 is 6.10 Å². The molecule has 1 atom stereocenters. The van der Waals surface area contributed by atoms with Crippen LogP contribution in [0.1, 0.15) is 18.9 Å². The molecule has 2 aromatic rings. The quantitative estimate of drug-likeness (QED) is 0.808. The Morgan fingerprint density at radius 1 is 1.04 bits per heavy atom. The number of nitrogens with one attached hydrogen (secondary N) is 1. The maximum absolute atomic E-state index is 12.3. The predicted octanol–water partition coefficient (Wildman–Crippen LogP) is 3.18. The van der Waals surface area contributed by atoms with E-state index in [1.807, 2.05) is 55.5 Å². The second-order valence-corrected chi connectivity index (χ2v) is 5.23. The van der Waals surface area contributed by atoms with Crippen molar-refractivity contribution in [1.29, 1.82) is 0 Å². The second-order valence-electron chi connectivity index (χ2n) is 5.23. The number of hydrogen-bond donors (Lipinski definition) is 1. The minimum absolute atomic E-state index is 0.142. The van der Waals surface area contributed by atoms with Gasteiger partial charge in [-0.25, -0.2) is 0 Å². The van der Waals surface area contributed by atoms with Crippen LogP contribution in [0.3, 0.4) is 0 Å². The molecule has 0 unspecified atom stereocenters. The molecular weight excluding hydrogens is 306 g/mol. The molecule has 2 rings (SSSR count). The Bertz CT molecular complexity index is 658. The first-order valence-corrected chi connectivity index (χ1v) is 7.88. The Morgan fingerprint density at radius 3 is 2.38 bits per heavy atom. The fourth-order valence-electron chi connectivity index (χ4n) is 2.28. The number of benzene rings is 2. The summed E-state index contributed by atoms with van der Waals surface area (Å²) in [5, 5.41) is 2.90. The van der Waals surface area contributed by atoms with Gasteiger partial charge < -0.3 is 19.5 Å². The molecule has 5 nitrogen and oxygen atoms in total. The molecule has 1 amide bonds. The molecule has 0 spiro atoms. The van der Waals surface area contributed by atoms with Gasteiger partial charge in [0.05, 0.1) is 14.2 Å². The SMILES string of the molecule is CC[C@H](Oc1ccccc1)C(=O)NCc1ccc(OC)c(OC)c1. The molecule has 0 aliphatic rings. The van der Waals surface area contributed by atoms with E-state index in [1.54, 1.807) is 14.2 Å². The molecule has 0 bridgehead atoms. The van der Waals surface area contributed by atoms with Gasteiger partial charge >= 0.3 is 0 Å². The van der Waals surface area contributed by atoms with Crippen molar-refractivity contribution in [1.82, 2.24) is 5.32 Å². The highest BCUT2D eigenvalue weighted by Gasteiger charge is 2.18. The Balaban J connectivity index is 1.96. The lowest BCUT2D eigenvalue weighted by molar-refractivity contribution is -0.128. The standard InChI is InChI=1S/C19H23NO4/c1-4-16(24-15-8-6-5-7-9-15)19(21)20-13-14-10-11-17(22-2)18(12-14)23-3/h5-12,16H,4,13H2,1-3H3,(H,20,21)/t16-/m0/s1. The monoisotopic (exact) mass is 329 g/mol. The molecule has 0 aliphatic carbocycles. The Kier molecular flexibility index (Phi) is 6.49. The van der Waals surface area contributed by atoms with Crippen LogP contribution in [0.15, 0.2) is 48.5 Å².